The van der Waals surface area contributed by atoms with Gasteiger partial charge in [0.1, 0.15) is 12.4 Å². The monoisotopic (exact) mass is 356 g/mol. The minimum Gasteiger partial charge on any atom is -0.489 e. The molecule has 1 aliphatic heterocycles. The van der Waals surface area contributed by atoms with E-state index in [1.54, 1.807) is 0 Å². The first-order valence-corrected chi connectivity index (χ1v) is 9.50. The minimum absolute atomic E-state index is 0.00361. The molecule has 2 fully saturated rings. The van der Waals surface area contributed by atoms with E-state index < -0.39 is 0 Å². The molecular weight excluding hydrogens is 328 g/mol. The predicted octanol–water partition coefficient (Wildman–Crippen LogP) is 3.76. The number of benzene rings is 1. The Morgan fingerprint density at radius 3 is 2.58 bits per heavy atom. The van der Waals surface area contributed by atoms with Crippen LogP contribution in [0.15, 0.2) is 36.4 Å². The molecule has 3 rings (SSSR count). The van der Waals surface area contributed by atoms with Crippen LogP contribution in [0.3, 0.4) is 0 Å². The maximum Gasteiger partial charge on any atom is 0.229 e. The van der Waals surface area contributed by atoms with Crippen molar-refractivity contribution in [3.63, 3.8) is 0 Å². The van der Waals surface area contributed by atoms with Gasteiger partial charge in [0.05, 0.1) is 5.92 Å². The lowest BCUT2D eigenvalue weighted by Gasteiger charge is -2.36. The van der Waals surface area contributed by atoms with E-state index in [-0.39, 0.29) is 17.7 Å². The molecule has 2 aliphatic rings. The molecule has 1 saturated carbocycles. The molecule has 1 N–H and O–H groups in total. The maximum atomic E-state index is 12.6. The molecule has 1 saturated heterocycles. The lowest BCUT2D eigenvalue weighted by Crippen LogP contribution is -2.48. The Morgan fingerprint density at radius 1 is 1.23 bits per heavy atom. The van der Waals surface area contributed by atoms with Crippen LogP contribution in [0.2, 0.25) is 0 Å². The predicted molar refractivity (Wildman–Crippen MR) is 102 cm³/mol. The molecule has 5 nitrogen and oxygen atoms in total. The topological polar surface area (TPSA) is 58.6 Å². The highest BCUT2D eigenvalue weighted by molar-refractivity contribution is 5.94. The standard InChI is InChI=1S/C21H28N2O3/c1-15(2)14-26-19-10-8-17(9-11-19)22-21(25)16-7-12-20(24)23(13-16)18-5-3-4-6-18/h8-11,16,18H,1,3-7,12-14H2,2H3,(H,22,25). The van der Waals surface area contributed by atoms with Crippen LogP contribution in [0.5, 0.6) is 5.75 Å². The summed E-state index contributed by atoms with van der Waals surface area (Å²) in [5.41, 5.74) is 1.71. The third-order valence-electron chi connectivity index (χ3n) is 5.19. The fourth-order valence-corrected chi connectivity index (χ4v) is 3.74. The van der Waals surface area contributed by atoms with Crippen molar-refractivity contribution in [2.45, 2.75) is 51.5 Å². The normalized spacial score (nSPS) is 20.9. The number of anilines is 1. The fraction of sp³-hybridized carbons (Fsp3) is 0.524. The first kappa shape index (κ1) is 18.5. The molecule has 140 valence electrons. The Morgan fingerprint density at radius 2 is 1.92 bits per heavy atom. The van der Waals surface area contributed by atoms with Crippen molar-refractivity contribution in [1.82, 2.24) is 4.90 Å². The summed E-state index contributed by atoms with van der Waals surface area (Å²) in [7, 11) is 0. The zero-order valence-electron chi connectivity index (χ0n) is 15.5. The zero-order valence-corrected chi connectivity index (χ0v) is 15.5. The summed E-state index contributed by atoms with van der Waals surface area (Å²) in [6.45, 7) is 6.76. The third-order valence-corrected chi connectivity index (χ3v) is 5.19. The maximum absolute atomic E-state index is 12.6. The van der Waals surface area contributed by atoms with Crippen LogP contribution in [-0.4, -0.2) is 35.9 Å². The first-order valence-electron chi connectivity index (χ1n) is 9.50. The molecule has 1 unspecified atom stereocenters. The number of carbonyl (C=O) groups excluding carboxylic acids is 2. The van der Waals surface area contributed by atoms with Crippen LogP contribution in [0.25, 0.3) is 0 Å². The summed E-state index contributed by atoms with van der Waals surface area (Å²) < 4.78 is 5.57. The molecule has 1 aliphatic carbocycles. The Hall–Kier alpha value is -2.30. The summed E-state index contributed by atoms with van der Waals surface area (Å²) in [5, 5.41) is 2.98. The molecule has 5 heteroatoms. The number of nitrogens with zero attached hydrogens (tertiary/aromatic N) is 1. The number of amides is 2. The Balaban J connectivity index is 1.55. The van der Waals surface area contributed by atoms with Crippen molar-refractivity contribution < 1.29 is 14.3 Å². The molecule has 0 spiro atoms. The SMILES string of the molecule is C=C(C)COc1ccc(NC(=O)C2CCC(=O)N(C3CCCC3)C2)cc1. The van der Waals surface area contributed by atoms with Crippen molar-refractivity contribution >= 4 is 17.5 Å². The molecule has 1 aromatic rings. The van der Waals surface area contributed by atoms with Gasteiger partial charge in [0.2, 0.25) is 11.8 Å². The summed E-state index contributed by atoms with van der Waals surface area (Å²) in [6, 6.07) is 7.70. The third kappa shape index (κ3) is 4.65. The number of ether oxygens (including phenoxy) is 1. The molecule has 0 bridgehead atoms. The number of hydrogen-bond acceptors (Lipinski definition) is 3. The summed E-state index contributed by atoms with van der Waals surface area (Å²) in [6.07, 6.45) is 5.63. The smallest absolute Gasteiger partial charge is 0.229 e. The second kappa shape index (κ2) is 8.39. The number of piperidine rings is 1. The second-order valence-electron chi connectivity index (χ2n) is 7.48. The molecular formula is C21H28N2O3. The van der Waals surface area contributed by atoms with Crippen LogP contribution < -0.4 is 10.1 Å². The van der Waals surface area contributed by atoms with Crippen molar-refractivity contribution in [2.24, 2.45) is 5.92 Å². The highest BCUT2D eigenvalue weighted by Crippen LogP contribution is 2.29. The van der Waals surface area contributed by atoms with Crippen LogP contribution >= 0.6 is 0 Å². The highest BCUT2D eigenvalue weighted by Gasteiger charge is 2.35. The highest BCUT2D eigenvalue weighted by atomic mass is 16.5. The summed E-state index contributed by atoms with van der Waals surface area (Å²) in [5.74, 6) is 0.824. The Labute approximate surface area is 155 Å². The summed E-state index contributed by atoms with van der Waals surface area (Å²) >= 11 is 0. The van der Waals surface area contributed by atoms with Crippen LogP contribution in [0.1, 0.15) is 45.4 Å². The van der Waals surface area contributed by atoms with E-state index in [2.05, 4.69) is 11.9 Å². The van der Waals surface area contributed by atoms with Gasteiger partial charge in [-0.15, -0.1) is 0 Å². The average molecular weight is 356 g/mol. The number of carbonyl (C=O) groups is 2. The van der Waals surface area contributed by atoms with E-state index in [1.807, 2.05) is 36.1 Å². The summed E-state index contributed by atoms with van der Waals surface area (Å²) in [4.78, 5) is 26.8. The quantitative estimate of drug-likeness (QED) is 0.790. The van der Waals surface area contributed by atoms with Gasteiger partial charge in [-0.1, -0.05) is 19.4 Å². The Kier molecular flexibility index (Phi) is 5.96. The number of likely N-dealkylation sites (tertiary alicyclic amines) is 1. The first-order chi connectivity index (χ1) is 12.5. The molecule has 1 heterocycles. The van der Waals surface area contributed by atoms with Gasteiger partial charge in [-0.05, 0) is 56.0 Å². The molecule has 0 aromatic heterocycles. The van der Waals surface area contributed by atoms with Crippen molar-refractivity contribution in [1.29, 1.82) is 0 Å². The minimum atomic E-state index is -0.132. The fourth-order valence-electron chi connectivity index (χ4n) is 3.74. The van der Waals surface area contributed by atoms with Gasteiger partial charge in [0.25, 0.3) is 0 Å². The van der Waals surface area contributed by atoms with E-state index >= 15 is 0 Å². The number of hydrogen-bond donors (Lipinski definition) is 1. The van der Waals surface area contributed by atoms with Gasteiger partial charge in [-0.25, -0.2) is 0 Å². The Bertz CT molecular complexity index is 662. The lowest BCUT2D eigenvalue weighted by atomic mass is 9.94. The number of rotatable bonds is 6. The lowest BCUT2D eigenvalue weighted by molar-refractivity contribution is -0.139. The van der Waals surface area contributed by atoms with Gasteiger partial charge in [-0.2, -0.15) is 0 Å². The molecule has 0 radical (unpaired) electrons. The van der Waals surface area contributed by atoms with Crippen LogP contribution in [0, 0.1) is 5.92 Å². The van der Waals surface area contributed by atoms with E-state index in [1.165, 1.54) is 12.8 Å². The van der Waals surface area contributed by atoms with Gasteiger partial charge in [-0.3, -0.25) is 9.59 Å². The molecule has 1 atom stereocenters. The van der Waals surface area contributed by atoms with Gasteiger partial charge < -0.3 is 15.0 Å². The van der Waals surface area contributed by atoms with Crippen molar-refractivity contribution in [3.05, 3.63) is 36.4 Å². The zero-order chi connectivity index (χ0) is 18.5. The molecule has 26 heavy (non-hydrogen) atoms. The van der Waals surface area contributed by atoms with E-state index in [0.717, 1.165) is 29.9 Å². The largest absolute Gasteiger partial charge is 0.489 e. The van der Waals surface area contributed by atoms with E-state index in [9.17, 15) is 9.59 Å². The molecule has 1 aromatic carbocycles. The van der Waals surface area contributed by atoms with Crippen LogP contribution in [-0.2, 0) is 9.59 Å². The average Bonchev–Trinajstić information content (AvgIpc) is 3.16. The van der Waals surface area contributed by atoms with E-state index in [4.69, 9.17) is 4.74 Å². The molecule has 2 amide bonds. The van der Waals surface area contributed by atoms with E-state index in [0.29, 0.717) is 32.0 Å². The van der Waals surface area contributed by atoms with Crippen molar-refractivity contribution in [2.75, 3.05) is 18.5 Å². The second-order valence-corrected chi connectivity index (χ2v) is 7.48. The van der Waals surface area contributed by atoms with Gasteiger partial charge in [0.15, 0.2) is 0 Å². The van der Waals surface area contributed by atoms with Crippen LogP contribution in [0.4, 0.5) is 5.69 Å². The van der Waals surface area contributed by atoms with Gasteiger partial charge >= 0.3 is 0 Å². The number of nitrogens with one attached hydrogen (secondary N) is 1. The van der Waals surface area contributed by atoms with Gasteiger partial charge in [0, 0.05) is 24.7 Å². The van der Waals surface area contributed by atoms with Crippen molar-refractivity contribution in [3.8, 4) is 5.75 Å².